The molecule has 0 amide bonds. The van der Waals surface area contributed by atoms with Gasteiger partial charge in [0.05, 0.1) is 0 Å². The zero-order chi connectivity index (χ0) is 16.5. The number of nitrogens with one attached hydrogen (secondary N) is 1. The summed E-state index contributed by atoms with van der Waals surface area (Å²) in [4.78, 5) is 12.6. The van der Waals surface area contributed by atoms with Crippen molar-refractivity contribution in [2.24, 2.45) is 5.92 Å². The van der Waals surface area contributed by atoms with E-state index >= 15 is 0 Å². The van der Waals surface area contributed by atoms with Crippen LogP contribution in [-0.2, 0) is 4.79 Å². The van der Waals surface area contributed by atoms with Gasteiger partial charge in [-0.3, -0.25) is 4.79 Å². The van der Waals surface area contributed by atoms with E-state index in [4.69, 9.17) is 0 Å². The van der Waals surface area contributed by atoms with E-state index < -0.39 is 0 Å². The molecule has 3 fully saturated rings. The van der Waals surface area contributed by atoms with Crippen molar-refractivity contribution >= 4 is 5.78 Å². The molecule has 0 aromatic heterocycles. The molecule has 3 aliphatic rings. The summed E-state index contributed by atoms with van der Waals surface area (Å²) in [5.41, 5.74) is 2.92. The van der Waals surface area contributed by atoms with Crippen molar-refractivity contribution in [3.05, 3.63) is 35.4 Å². The van der Waals surface area contributed by atoms with Gasteiger partial charge in [-0.1, -0.05) is 50.5 Å². The van der Waals surface area contributed by atoms with E-state index in [1.165, 1.54) is 56.1 Å². The van der Waals surface area contributed by atoms with Gasteiger partial charge in [-0.25, -0.2) is 0 Å². The minimum Gasteiger partial charge on any atom is -0.310 e. The van der Waals surface area contributed by atoms with Gasteiger partial charge in [0, 0.05) is 24.4 Å². The van der Waals surface area contributed by atoms with Gasteiger partial charge in [-0.15, -0.1) is 0 Å². The lowest BCUT2D eigenvalue weighted by atomic mass is 9.74. The average Bonchev–Trinajstić information content (AvgIpc) is 3.03. The number of benzene rings is 1. The SMILES string of the molecule is CCC(=O)[C@H]1[C@@H](c2ccc(C3CCCCC3)cc2)C[C@@H]2CC[C@H]1N2. The molecule has 2 bridgehead atoms. The summed E-state index contributed by atoms with van der Waals surface area (Å²) in [6.45, 7) is 2.02. The van der Waals surface area contributed by atoms with Crippen LogP contribution in [0.5, 0.6) is 0 Å². The van der Waals surface area contributed by atoms with Gasteiger partial charge >= 0.3 is 0 Å². The Morgan fingerprint density at radius 3 is 2.42 bits per heavy atom. The van der Waals surface area contributed by atoms with Crippen LogP contribution >= 0.6 is 0 Å². The Kier molecular flexibility index (Phi) is 4.76. The van der Waals surface area contributed by atoms with Crippen molar-refractivity contribution < 1.29 is 4.79 Å². The Labute approximate surface area is 146 Å². The summed E-state index contributed by atoms with van der Waals surface area (Å²) in [5.74, 6) is 1.84. The summed E-state index contributed by atoms with van der Waals surface area (Å²) < 4.78 is 0. The Bertz CT molecular complexity index is 572. The van der Waals surface area contributed by atoms with E-state index in [2.05, 4.69) is 29.6 Å². The molecule has 130 valence electrons. The number of carbonyl (C=O) groups excluding carboxylic acids is 1. The molecule has 0 radical (unpaired) electrons. The number of ketones is 1. The van der Waals surface area contributed by atoms with Crippen LogP contribution in [-0.4, -0.2) is 17.9 Å². The van der Waals surface area contributed by atoms with Gasteiger partial charge in [-0.05, 0) is 55.1 Å². The predicted molar refractivity (Wildman–Crippen MR) is 98.4 cm³/mol. The second kappa shape index (κ2) is 7.00. The van der Waals surface area contributed by atoms with E-state index in [0.717, 1.165) is 12.3 Å². The Balaban J connectivity index is 1.55. The first-order valence-electron chi connectivity index (χ1n) is 10.1. The minimum atomic E-state index is 0.189. The summed E-state index contributed by atoms with van der Waals surface area (Å²) in [5, 5.41) is 3.70. The van der Waals surface area contributed by atoms with Gasteiger partial charge in [0.2, 0.25) is 0 Å². The van der Waals surface area contributed by atoms with Crippen LogP contribution in [0.25, 0.3) is 0 Å². The number of Topliss-reactive ketones (excluding diaryl/α,β-unsaturated/α-hetero) is 1. The molecule has 0 unspecified atom stereocenters. The molecule has 0 spiro atoms. The molecule has 1 aliphatic carbocycles. The fraction of sp³-hybridized carbons (Fsp3) is 0.682. The van der Waals surface area contributed by atoms with Crippen LogP contribution in [0.3, 0.4) is 0 Å². The molecule has 2 heteroatoms. The number of carbonyl (C=O) groups is 1. The molecule has 2 nitrogen and oxygen atoms in total. The standard InChI is InChI=1S/C22H31NO/c1-2-21(24)22-19(14-18-12-13-20(22)23-18)17-10-8-16(9-11-17)15-6-4-3-5-7-15/h8-11,15,18-20,22-23H,2-7,12-14H2,1H3/t18-,19+,20+,22-/m0/s1. The van der Waals surface area contributed by atoms with E-state index in [0.29, 0.717) is 30.2 Å². The van der Waals surface area contributed by atoms with Crippen molar-refractivity contribution in [3.63, 3.8) is 0 Å². The number of fused-ring (bicyclic) bond motifs is 2. The predicted octanol–water partition coefficient (Wildman–Crippen LogP) is 4.94. The first-order chi connectivity index (χ1) is 11.8. The van der Waals surface area contributed by atoms with Crippen LogP contribution in [0.1, 0.15) is 87.7 Å². The van der Waals surface area contributed by atoms with Crippen molar-refractivity contribution in [1.82, 2.24) is 5.32 Å². The average molecular weight is 325 g/mol. The van der Waals surface area contributed by atoms with Gasteiger partial charge in [0.1, 0.15) is 5.78 Å². The minimum absolute atomic E-state index is 0.189. The van der Waals surface area contributed by atoms with Crippen LogP contribution in [0.15, 0.2) is 24.3 Å². The summed E-state index contributed by atoms with van der Waals surface area (Å²) in [6, 6.07) is 10.5. The van der Waals surface area contributed by atoms with Crippen LogP contribution < -0.4 is 5.32 Å². The highest BCUT2D eigenvalue weighted by molar-refractivity contribution is 5.82. The first-order valence-corrected chi connectivity index (χ1v) is 10.1. The summed E-state index contributed by atoms with van der Waals surface area (Å²) in [7, 11) is 0. The topological polar surface area (TPSA) is 29.1 Å². The number of rotatable bonds is 4. The third-order valence-electron chi connectivity index (χ3n) is 6.84. The Morgan fingerprint density at radius 1 is 1.00 bits per heavy atom. The molecule has 1 saturated carbocycles. The molecule has 1 aromatic rings. The number of hydrogen-bond acceptors (Lipinski definition) is 2. The smallest absolute Gasteiger partial charge is 0.137 e. The maximum atomic E-state index is 12.6. The molecule has 2 heterocycles. The molecular formula is C22H31NO. The normalized spacial score (nSPS) is 33.5. The van der Waals surface area contributed by atoms with Crippen molar-refractivity contribution in [1.29, 1.82) is 0 Å². The molecule has 24 heavy (non-hydrogen) atoms. The molecule has 4 atom stereocenters. The second-order valence-electron chi connectivity index (χ2n) is 8.24. The van der Waals surface area contributed by atoms with Crippen LogP contribution in [0.4, 0.5) is 0 Å². The van der Waals surface area contributed by atoms with Gasteiger partial charge in [-0.2, -0.15) is 0 Å². The van der Waals surface area contributed by atoms with Crippen LogP contribution in [0.2, 0.25) is 0 Å². The fourth-order valence-electron chi connectivity index (χ4n) is 5.53. The molecule has 4 rings (SSSR count). The zero-order valence-corrected chi connectivity index (χ0v) is 15.0. The lowest BCUT2D eigenvalue weighted by Gasteiger charge is -2.37. The van der Waals surface area contributed by atoms with Crippen molar-refractivity contribution in [2.45, 2.75) is 88.6 Å². The fourth-order valence-corrected chi connectivity index (χ4v) is 5.53. The highest BCUT2D eigenvalue weighted by atomic mass is 16.1. The molecule has 1 aromatic carbocycles. The van der Waals surface area contributed by atoms with Gasteiger partial charge in [0.25, 0.3) is 0 Å². The van der Waals surface area contributed by atoms with Crippen LogP contribution in [0, 0.1) is 5.92 Å². The number of hydrogen-bond donors (Lipinski definition) is 1. The molecule has 1 N–H and O–H groups in total. The number of piperidine rings is 1. The monoisotopic (exact) mass is 325 g/mol. The quantitative estimate of drug-likeness (QED) is 0.849. The third-order valence-corrected chi connectivity index (χ3v) is 6.84. The van der Waals surface area contributed by atoms with Crippen molar-refractivity contribution in [3.8, 4) is 0 Å². The maximum Gasteiger partial charge on any atom is 0.137 e. The summed E-state index contributed by atoms with van der Waals surface area (Å²) >= 11 is 0. The van der Waals surface area contributed by atoms with Crippen molar-refractivity contribution in [2.75, 3.05) is 0 Å². The lowest BCUT2D eigenvalue weighted by Crippen LogP contribution is -2.47. The van der Waals surface area contributed by atoms with E-state index in [-0.39, 0.29) is 5.92 Å². The highest BCUT2D eigenvalue weighted by Gasteiger charge is 2.44. The second-order valence-corrected chi connectivity index (χ2v) is 8.24. The van der Waals surface area contributed by atoms with E-state index in [9.17, 15) is 4.79 Å². The molecular weight excluding hydrogens is 294 g/mol. The van der Waals surface area contributed by atoms with E-state index in [1.54, 1.807) is 0 Å². The van der Waals surface area contributed by atoms with Gasteiger partial charge in [0.15, 0.2) is 0 Å². The zero-order valence-electron chi connectivity index (χ0n) is 15.0. The van der Waals surface area contributed by atoms with Gasteiger partial charge < -0.3 is 5.32 Å². The third kappa shape index (κ3) is 3.06. The Morgan fingerprint density at radius 2 is 1.71 bits per heavy atom. The Hall–Kier alpha value is -1.15. The molecule has 2 aliphatic heterocycles. The first kappa shape index (κ1) is 16.3. The maximum absolute atomic E-state index is 12.6. The molecule has 2 saturated heterocycles. The largest absolute Gasteiger partial charge is 0.310 e. The summed E-state index contributed by atoms with van der Waals surface area (Å²) in [6.07, 6.45) is 11.1. The van der Waals surface area contributed by atoms with E-state index in [1.807, 2.05) is 6.92 Å². The highest BCUT2D eigenvalue weighted by Crippen LogP contribution is 2.43. The lowest BCUT2D eigenvalue weighted by molar-refractivity contribution is -0.124.